The molecule has 2 rings (SSSR count). The molecule has 106 valence electrons. The average molecular weight is 284 g/mol. The first-order valence-corrected chi connectivity index (χ1v) is 5.48. The molecule has 2 nitrogen and oxygen atoms in total. The Morgan fingerprint density at radius 3 is 2.32 bits per heavy atom. The van der Waals surface area contributed by atoms with Crippen LogP contribution in [0, 0.1) is 0 Å². The summed E-state index contributed by atoms with van der Waals surface area (Å²) in [6.07, 6.45) is -8.88. The van der Waals surface area contributed by atoms with Crippen LogP contribution in [0.4, 0.5) is 26.3 Å². The minimum atomic E-state index is -4.76. The maximum absolute atomic E-state index is 13.2. The summed E-state index contributed by atoms with van der Waals surface area (Å²) in [5.41, 5.74) is -3.97. The summed E-state index contributed by atoms with van der Waals surface area (Å²) in [4.78, 5) is 3.08. The number of nitrogens with zero attached hydrogens (tertiary/aromatic N) is 1. The Labute approximate surface area is 104 Å². The van der Waals surface area contributed by atoms with E-state index in [0.717, 1.165) is 12.3 Å². The Morgan fingerprint density at radius 2 is 1.84 bits per heavy atom. The normalized spacial score (nSPS) is 24.7. The zero-order valence-electron chi connectivity index (χ0n) is 9.57. The van der Waals surface area contributed by atoms with Crippen molar-refractivity contribution in [2.24, 2.45) is 0 Å². The van der Waals surface area contributed by atoms with Gasteiger partial charge in [0.15, 0.2) is 0 Å². The van der Waals surface area contributed by atoms with Crippen LogP contribution < -0.4 is 5.32 Å². The predicted molar refractivity (Wildman–Crippen MR) is 54.5 cm³/mol. The van der Waals surface area contributed by atoms with Crippen LogP contribution in [0.25, 0.3) is 0 Å². The van der Waals surface area contributed by atoms with Gasteiger partial charge in [0.05, 0.1) is 0 Å². The van der Waals surface area contributed by atoms with Gasteiger partial charge in [-0.1, -0.05) is 0 Å². The maximum atomic E-state index is 13.2. The molecule has 1 aliphatic heterocycles. The Morgan fingerprint density at radius 1 is 1.16 bits per heavy atom. The summed E-state index contributed by atoms with van der Waals surface area (Å²) in [7, 11) is 0. The molecule has 0 amide bonds. The molecule has 1 unspecified atom stereocenters. The molecule has 0 radical (unpaired) electrons. The van der Waals surface area contributed by atoms with E-state index in [1.807, 2.05) is 0 Å². The van der Waals surface area contributed by atoms with Crippen LogP contribution in [-0.2, 0) is 11.6 Å². The van der Waals surface area contributed by atoms with E-state index in [1.54, 1.807) is 0 Å². The summed E-state index contributed by atoms with van der Waals surface area (Å²) in [6.45, 7) is -0.305. The number of aromatic nitrogens is 1. The van der Waals surface area contributed by atoms with Crippen molar-refractivity contribution in [1.82, 2.24) is 10.3 Å². The Bertz CT molecular complexity index is 459. The quantitative estimate of drug-likeness (QED) is 0.802. The molecule has 1 aliphatic rings. The number of alkyl halides is 6. The lowest BCUT2D eigenvalue weighted by Crippen LogP contribution is -2.44. The molecule has 1 atom stereocenters. The van der Waals surface area contributed by atoms with Crippen LogP contribution in [0.3, 0.4) is 0 Å². The zero-order chi connectivity index (χ0) is 14.3. The largest absolute Gasteiger partial charge is 0.433 e. The topological polar surface area (TPSA) is 24.9 Å². The van der Waals surface area contributed by atoms with Crippen molar-refractivity contribution in [3.63, 3.8) is 0 Å². The molecular weight excluding hydrogens is 274 g/mol. The molecule has 1 aromatic heterocycles. The number of hydrogen-bond acceptors (Lipinski definition) is 2. The lowest BCUT2D eigenvalue weighted by molar-refractivity contribution is -0.185. The molecular formula is C11H10F6N2. The molecule has 0 aliphatic carbocycles. The van der Waals surface area contributed by atoms with Crippen molar-refractivity contribution in [1.29, 1.82) is 0 Å². The minimum Gasteiger partial charge on any atom is -0.315 e. The van der Waals surface area contributed by atoms with Crippen molar-refractivity contribution in [2.45, 2.75) is 24.2 Å². The molecule has 2 heterocycles. The van der Waals surface area contributed by atoms with Gasteiger partial charge in [0.1, 0.15) is 11.1 Å². The van der Waals surface area contributed by atoms with Gasteiger partial charge in [0, 0.05) is 12.7 Å². The van der Waals surface area contributed by atoms with Gasteiger partial charge in [-0.2, -0.15) is 26.3 Å². The van der Waals surface area contributed by atoms with E-state index >= 15 is 0 Å². The molecule has 0 saturated carbocycles. The standard InChI is InChI=1S/C11H10F6N2/c12-10(13,14)8-5-7(1-3-19-8)9(11(15,16)17)2-4-18-6-9/h1,3,5,18H,2,4,6H2. The zero-order valence-corrected chi connectivity index (χ0v) is 9.57. The van der Waals surface area contributed by atoms with Gasteiger partial charge in [-0.05, 0) is 30.7 Å². The maximum Gasteiger partial charge on any atom is 0.433 e. The van der Waals surface area contributed by atoms with Crippen LogP contribution in [0.15, 0.2) is 18.3 Å². The van der Waals surface area contributed by atoms with E-state index in [9.17, 15) is 26.3 Å². The van der Waals surface area contributed by atoms with E-state index in [2.05, 4.69) is 10.3 Å². The molecule has 8 heteroatoms. The summed E-state index contributed by atoms with van der Waals surface area (Å²) < 4.78 is 77.1. The van der Waals surface area contributed by atoms with Gasteiger partial charge in [-0.15, -0.1) is 0 Å². The number of hydrogen-bond donors (Lipinski definition) is 1. The lowest BCUT2D eigenvalue weighted by Gasteiger charge is -2.31. The van der Waals surface area contributed by atoms with Gasteiger partial charge in [-0.3, -0.25) is 4.98 Å². The van der Waals surface area contributed by atoms with Gasteiger partial charge in [0.2, 0.25) is 0 Å². The third kappa shape index (κ3) is 2.41. The Kier molecular flexibility index (Phi) is 3.24. The Hall–Kier alpha value is -1.31. The number of halogens is 6. The van der Waals surface area contributed by atoms with Crippen molar-refractivity contribution in [3.8, 4) is 0 Å². The summed E-state index contributed by atoms with van der Waals surface area (Å²) in [6, 6.07) is 1.48. The number of nitrogens with one attached hydrogen (secondary N) is 1. The fourth-order valence-electron chi connectivity index (χ4n) is 2.23. The van der Waals surface area contributed by atoms with Gasteiger partial charge >= 0.3 is 12.4 Å². The van der Waals surface area contributed by atoms with E-state index in [1.165, 1.54) is 0 Å². The van der Waals surface area contributed by atoms with E-state index < -0.39 is 35.6 Å². The van der Waals surface area contributed by atoms with E-state index in [-0.39, 0.29) is 13.0 Å². The highest BCUT2D eigenvalue weighted by Gasteiger charge is 2.57. The van der Waals surface area contributed by atoms with Gasteiger partial charge in [0.25, 0.3) is 0 Å². The lowest BCUT2D eigenvalue weighted by atomic mass is 9.79. The fraction of sp³-hybridized carbons (Fsp3) is 0.545. The van der Waals surface area contributed by atoms with Crippen molar-refractivity contribution in [3.05, 3.63) is 29.6 Å². The first-order valence-electron chi connectivity index (χ1n) is 5.48. The van der Waals surface area contributed by atoms with E-state index in [4.69, 9.17) is 0 Å². The molecule has 1 N–H and O–H groups in total. The van der Waals surface area contributed by atoms with Crippen molar-refractivity contribution in [2.75, 3.05) is 13.1 Å². The fourth-order valence-corrected chi connectivity index (χ4v) is 2.23. The minimum absolute atomic E-state index is 0.114. The highest BCUT2D eigenvalue weighted by molar-refractivity contribution is 5.31. The van der Waals surface area contributed by atoms with Gasteiger partial charge < -0.3 is 5.32 Å². The van der Waals surface area contributed by atoms with Crippen molar-refractivity contribution >= 4 is 0 Å². The summed E-state index contributed by atoms with van der Waals surface area (Å²) in [5.74, 6) is 0. The molecule has 0 bridgehead atoms. The van der Waals surface area contributed by atoms with E-state index in [0.29, 0.717) is 6.07 Å². The van der Waals surface area contributed by atoms with Crippen LogP contribution in [0.1, 0.15) is 17.7 Å². The second-order valence-corrected chi connectivity index (χ2v) is 4.43. The molecule has 1 aromatic rings. The molecule has 19 heavy (non-hydrogen) atoms. The van der Waals surface area contributed by atoms with Crippen molar-refractivity contribution < 1.29 is 26.3 Å². The first kappa shape index (κ1) is 14.1. The molecule has 0 aromatic carbocycles. The number of pyridine rings is 1. The van der Waals surface area contributed by atoms with Crippen LogP contribution >= 0.6 is 0 Å². The second-order valence-electron chi connectivity index (χ2n) is 4.43. The molecule has 1 fully saturated rings. The summed E-state index contributed by atoms with van der Waals surface area (Å²) in [5, 5.41) is 2.55. The van der Waals surface area contributed by atoms with Crippen LogP contribution in [0.2, 0.25) is 0 Å². The smallest absolute Gasteiger partial charge is 0.315 e. The highest BCUT2D eigenvalue weighted by Crippen LogP contribution is 2.46. The molecule has 0 spiro atoms. The molecule has 1 saturated heterocycles. The van der Waals surface area contributed by atoms with Gasteiger partial charge in [-0.25, -0.2) is 0 Å². The summed E-state index contributed by atoms with van der Waals surface area (Å²) >= 11 is 0. The monoisotopic (exact) mass is 284 g/mol. The number of rotatable bonds is 1. The third-order valence-electron chi connectivity index (χ3n) is 3.30. The highest BCUT2D eigenvalue weighted by atomic mass is 19.4. The predicted octanol–water partition coefficient (Wildman–Crippen LogP) is 2.89. The Balaban J connectivity index is 2.50. The SMILES string of the molecule is FC(F)(F)c1cc(C2(C(F)(F)F)CCNC2)ccn1. The van der Waals surface area contributed by atoms with Crippen LogP contribution in [-0.4, -0.2) is 24.2 Å². The first-order chi connectivity index (χ1) is 8.67. The third-order valence-corrected chi connectivity index (χ3v) is 3.30. The average Bonchev–Trinajstić information content (AvgIpc) is 2.77. The van der Waals surface area contributed by atoms with Crippen LogP contribution in [0.5, 0.6) is 0 Å². The second kappa shape index (κ2) is 4.36.